The van der Waals surface area contributed by atoms with E-state index in [0.717, 1.165) is 24.8 Å². The third kappa shape index (κ3) is 5.07. The number of hydrogen-bond acceptors (Lipinski definition) is 5. The van der Waals surface area contributed by atoms with Gasteiger partial charge in [-0.05, 0) is 55.8 Å². The van der Waals surface area contributed by atoms with Gasteiger partial charge >= 0.3 is 0 Å². The Morgan fingerprint density at radius 3 is 2.23 bits per heavy atom. The lowest BCUT2D eigenvalue weighted by atomic mass is 10.2. The van der Waals surface area contributed by atoms with E-state index in [1.807, 2.05) is 0 Å². The van der Waals surface area contributed by atoms with Crippen molar-refractivity contribution in [2.45, 2.75) is 35.6 Å². The molecule has 2 N–H and O–H groups in total. The number of rotatable bonds is 7. The summed E-state index contributed by atoms with van der Waals surface area (Å²) in [5.74, 6) is -0.405. The Labute approximate surface area is 177 Å². The second kappa shape index (κ2) is 9.25. The Balaban J connectivity index is 1.68. The molecule has 0 aromatic heterocycles. The SMILES string of the molecule is CNS(=O)(=O)c1ccc(CNC(=O)c2cccc(S(=O)(=O)N3CCCCC3)c2)cc1. The number of amides is 1. The summed E-state index contributed by atoms with van der Waals surface area (Å²) in [6, 6.07) is 12.2. The average molecular weight is 452 g/mol. The third-order valence-electron chi connectivity index (χ3n) is 5.00. The summed E-state index contributed by atoms with van der Waals surface area (Å²) in [5, 5.41) is 2.73. The quantitative estimate of drug-likeness (QED) is 0.665. The van der Waals surface area contributed by atoms with Crippen LogP contribution < -0.4 is 10.0 Å². The lowest BCUT2D eigenvalue weighted by Gasteiger charge is -2.26. The Morgan fingerprint density at radius 2 is 1.60 bits per heavy atom. The van der Waals surface area contributed by atoms with Crippen LogP contribution in [0.2, 0.25) is 0 Å². The monoisotopic (exact) mass is 451 g/mol. The van der Waals surface area contributed by atoms with Crippen molar-refractivity contribution in [3.05, 3.63) is 59.7 Å². The van der Waals surface area contributed by atoms with Crippen LogP contribution in [0.15, 0.2) is 58.3 Å². The van der Waals surface area contributed by atoms with Crippen LogP contribution in [0.25, 0.3) is 0 Å². The molecule has 2 aromatic carbocycles. The van der Waals surface area contributed by atoms with E-state index >= 15 is 0 Å². The zero-order valence-corrected chi connectivity index (χ0v) is 18.3. The molecular weight excluding hydrogens is 426 g/mol. The Kier molecular flexibility index (Phi) is 6.91. The largest absolute Gasteiger partial charge is 0.348 e. The van der Waals surface area contributed by atoms with E-state index in [-0.39, 0.29) is 21.9 Å². The summed E-state index contributed by atoms with van der Waals surface area (Å²) in [6.07, 6.45) is 2.71. The molecule has 30 heavy (non-hydrogen) atoms. The number of carbonyl (C=O) groups excluding carboxylic acids is 1. The Morgan fingerprint density at radius 1 is 0.933 bits per heavy atom. The average Bonchev–Trinajstić information content (AvgIpc) is 2.78. The van der Waals surface area contributed by atoms with E-state index in [9.17, 15) is 21.6 Å². The summed E-state index contributed by atoms with van der Waals surface area (Å²) in [6.45, 7) is 1.18. The van der Waals surface area contributed by atoms with Crippen LogP contribution in [0.3, 0.4) is 0 Å². The van der Waals surface area contributed by atoms with Crippen LogP contribution in [0.5, 0.6) is 0 Å². The molecule has 8 nitrogen and oxygen atoms in total. The van der Waals surface area contributed by atoms with Crippen molar-refractivity contribution in [2.24, 2.45) is 0 Å². The van der Waals surface area contributed by atoms with Gasteiger partial charge in [0.25, 0.3) is 5.91 Å². The lowest BCUT2D eigenvalue weighted by Crippen LogP contribution is -2.35. The molecule has 1 aliphatic rings. The van der Waals surface area contributed by atoms with E-state index in [0.29, 0.717) is 13.1 Å². The fraction of sp³-hybridized carbons (Fsp3) is 0.350. The van der Waals surface area contributed by atoms with Gasteiger partial charge in [0, 0.05) is 25.2 Å². The molecule has 0 radical (unpaired) electrons. The predicted molar refractivity (Wildman–Crippen MR) is 113 cm³/mol. The predicted octanol–water partition coefficient (Wildman–Crippen LogP) is 1.70. The minimum atomic E-state index is -3.62. The molecule has 0 bridgehead atoms. The van der Waals surface area contributed by atoms with Crippen molar-refractivity contribution in [1.29, 1.82) is 0 Å². The molecule has 0 saturated carbocycles. The van der Waals surface area contributed by atoms with Crippen molar-refractivity contribution in [1.82, 2.24) is 14.3 Å². The van der Waals surface area contributed by atoms with Gasteiger partial charge in [0.05, 0.1) is 9.79 Å². The van der Waals surface area contributed by atoms with E-state index < -0.39 is 26.0 Å². The van der Waals surface area contributed by atoms with E-state index in [1.165, 1.54) is 35.6 Å². The first-order valence-corrected chi connectivity index (χ1v) is 12.6. The van der Waals surface area contributed by atoms with E-state index in [4.69, 9.17) is 0 Å². The van der Waals surface area contributed by atoms with Crippen molar-refractivity contribution in [3.63, 3.8) is 0 Å². The van der Waals surface area contributed by atoms with Gasteiger partial charge < -0.3 is 5.32 Å². The normalized spacial score (nSPS) is 15.6. The van der Waals surface area contributed by atoms with Crippen LogP contribution in [0, 0.1) is 0 Å². The number of nitrogens with one attached hydrogen (secondary N) is 2. The van der Waals surface area contributed by atoms with Gasteiger partial charge in [0.2, 0.25) is 20.0 Å². The van der Waals surface area contributed by atoms with Crippen LogP contribution in [-0.2, 0) is 26.6 Å². The molecule has 10 heteroatoms. The van der Waals surface area contributed by atoms with Gasteiger partial charge in [0.15, 0.2) is 0 Å². The summed E-state index contributed by atoms with van der Waals surface area (Å²) < 4.78 is 52.9. The Bertz CT molecular complexity index is 1110. The van der Waals surface area contributed by atoms with Crippen molar-refractivity contribution in [3.8, 4) is 0 Å². The number of carbonyl (C=O) groups is 1. The molecule has 1 fully saturated rings. The molecule has 1 aliphatic heterocycles. The second-order valence-electron chi connectivity index (χ2n) is 7.03. The molecule has 162 valence electrons. The highest BCUT2D eigenvalue weighted by molar-refractivity contribution is 7.89. The minimum Gasteiger partial charge on any atom is -0.348 e. The van der Waals surface area contributed by atoms with E-state index in [1.54, 1.807) is 24.3 Å². The number of hydrogen-bond donors (Lipinski definition) is 2. The summed E-state index contributed by atoms with van der Waals surface area (Å²) in [7, 11) is -5.80. The third-order valence-corrected chi connectivity index (χ3v) is 8.33. The maximum absolute atomic E-state index is 12.8. The van der Waals surface area contributed by atoms with Gasteiger partial charge in [0.1, 0.15) is 0 Å². The zero-order valence-electron chi connectivity index (χ0n) is 16.7. The van der Waals surface area contributed by atoms with Gasteiger partial charge in [-0.2, -0.15) is 4.31 Å². The maximum Gasteiger partial charge on any atom is 0.251 e. The van der Waals surface area contributed by atoms with Gasteiger partial charge in [-0.1, -0.05) is 24.6 Å². The lowest BCUT2D eigenvalue weighted by molar-refractivity contribution is 0.0950. The highest BCUT2D eigenvalue weighted by Gasteiger charge is 2.26. The van der Waals surface area contributed by atoms with Crippen molar-refractivity contribution < 1.29 is 21.6 Å². The van der Waals surface area contributed by atoms with Crippen LogP contribution >= 0.6 is 0 Å². The number of benzene rings is 2. The molecule has 0 spiro atoms. The molecule has 3 rings (SSSR count). The molecule has 1 heterocycles. The molecule has 0 aliphatic carbocycles. The number of piperidine rings is 1. The van der Waals surface area contributed by atoms with Gasteiger partial charge in [-0.3, -0.25) is 4.79 Å². The first-order valence-electron chi connectivity index (χ1n) is 9.65. The zero-order chi connectivity index (χ0) is 21.8. The standard InChI is InChI=1S/C20H25N3O5S2/c1-21-29(25,26)18-10-8-16(9-11-18)15-22-20(24)17-6-5-7-19(14-17)30(27,28)23-12-3-2-4-13-23/h5-11,14,21H,2-4,12-13,15H2,1H3,(H,22,24). The van der Waals surface area contributed by atoms with Crippen molar-refractivity contribution in [2.75, 3.05) is 20.1 Å². The fourth-order valence-electron chi connectivity index (χ4n) is 3.24. The topological polar surface area (TPSA) is 113 Å². The molecule has 0 unspecified atom stereocenters. The first kappa shape index (κ1) is 22.4. The summed E-state index contributed by atoms with van der Waals surface area (Å²) >= 11 is 0. The minimum absolute atomic E-state index is 0.110. The molecule has 2 aromatic rings. The molecule has 1 saturated heterocycles. The summed E-state index contributed by atoms with van der Waals surface area (Å²) in [5.41, 5.74) is 0.970. The molecular formula is C20H25N3O5S2. The Hall–Kier alpha value is -2.27. The maximum atomic E-state index is 12.8. The summed E-state index contributed by atoms with van der Waals surface area (Å²) in [4.78, 5) is 12.8. The van der Waals surface area contributed by atoms with Crippen LogP contribution in [-0.4, -0.2) is 47.2 Å². The first-order chi connectivity index (χ1) is 14.2. The van der Waals surface area contributed by atoms with E-state index in [2.05, 4.69) is 10.0 Å². The molecule has 1 amide bonds. The molecule has 0 atom stereocenters. The van der Waals surface area contributed by atoms with Gasteiger partial charge in [-0.25, -0.2) is 21.6 Å². The van der Waals surface area contributed by atoms with Crippen molar-refractivity contribution >= 4 is 26.0 Å². The highest BCUT2D eigenvalue weighted by atomic mass is 32.2. The van der Waals surface area contributed by atoms with Gasteiger partial charge in [-0.15, -0.1) is 0 Å². The number of nitrogens with zero attached hydrogens (tertiary/aromatic N) is 1. The van der Waals surface area contributed by atoms with Crippen LogP contribution in [0.1, 0.15) is 35.2 Å². The highest BCUT2D eigenvalue weighted by Crippen LogP contribution is 2.21. The second-order valence-corrected chi connectivity index (χ2v) is 10.9. The fourth-order valence-corrected chi connectivity index (χ4v) is 5.53. The van der Waals surface area contributed by atoms with Crippen LogP contribution in [0.4, 0.5) is 0 Å². The smallest absolute Gasteiger partial charge is 0.251 e. The number of sulfonamides is 2.